The van der Waals surface area contributed by atoms with Crippen LogP contribution in [0.25, 0.3) is 10.8 Å². The lowest BCUT2D eigenvalue weighted by Crippen LogP contribution is -2.19. The fourth-order valence-electron chi connectivity index (χ4n) is 3.61. The molecule has 122 valence electrons. The van der Waals surface area contributed by atoms with E-state index in [0.29, 0.717) is 17.2 Å². The summed E-state index contributed by atoms with van der Waals surface area (Å²) in [5, 5.41) is 1.81. The van der Waals surface area contributed by atoms with Gasteiger partial charge >= 0.3 is 0 Å². The maximum Gasteiger partial charge on any atom is 0.187 e. The third-order valence-corrected chi connectivity index (χ3v) is 5.64. The Hall–Kier alpha value is -1.50. The lowest BCUT2D eigenvalue weighted by Gasteiger charge is -2.19. The van der Waals surface area contributed by atoms with Gasteiger partial charge in [-0.15, -0.1) is 0 Å². The SMILES string of the molecule is CN(C)c1nc(C2CC2)cc2c(S(=O)O)c3c(cc12)CC(N)C3. The first-order chi connectivity index (χ1) is 11.0. The highest BCUT2D eigenvalue weighted by molar-refractivity contribution is 7.79. The molecule has 1 fully saturated rings. The maximum absolute atomic E-state index is 12.1. The average molecular weight is 331 g/mol. The van der Waals surface area contributed by atoms with E-state index < -0.39 is 11.1 Å². The monoisotopic (exact) mass is 331 g/mol. The molecule has 2 aliphatic carbocycles. The van der Waals surface area contributed by atoms with Gasteiger partial charge in [0, 0.05) is 42.5 Å². The minimum Gasteiger partial charge on any atom is -0.362 e. The Balaban J connectivity index is 2.08. The number of hydrogen-bond acceptors (Lipinski definition) is 4. The van der Waals surface area contributed by atoms with E-state index in [1.165, 1.54) is 0 Å². The van der Waals surface area contributed by atoms with Crippen LogP contribution in [0.3, 0.4) is 0 Å². The predicted octanol–water partition coefficient (Wildman–Crippen LogP) is 2.18. The first-order valence-corrected chi connectivity index (χ1v) is 9.09. The number of hydrogen-bond donors (Lipinski definition) is 2. The van der Waals surface area contributed by atoms with Crippen LogP contribution in [-0.4, -0.2) is 33.9 Å². The number of pyridine rings is 1. The van der Waals surface area contributed by atoms with E-state index in [4.69, 9.17) is 10.7 Å². The van der Waals surface area contributed by atoms with E-state index in [1.807, 2.05) is 25.1 Å². The van der Waals surface area contributed by atoms with Crippen molar-refractivity contribution in [3.8, 4) is 0 Å². The van der Waals surface area contributed by atoms with Gasteiger partial charge in [-0.2, -0.15) is 0 Å². The van der Waals surface area contributed by atoms with Gasteiger partial charge in [0.15, 0.2) is 11.1 Å². The largest absolute Gasteiger partial charge is 0.362 e. The number of fused-ring (bicyclic) bond motifs is 2. The van der Waals surface area contributed by atoms with Crippen molar-refractivity contribution in [1.82, 2.24) is 4.98 Å². The molecule has 2 unspecified atom stereocenters. The molecule has 23 heavy (non-hydrogen) atoms. The standard InChI is InChI=1S/C17H21N3O2S/c1-20(2)17-14-6-10-5-11(18)7-12(10)16(23(21)22)13(14)8-15(19-17)9-3-4-9/h6,8-9,11H,3-5,7,18H2,1-2H3,(H,21,22). The van der Waals surface area contributed by atoms with E-state index in [1.54, 1.807) is 0 Å². The zero-order valence-electron chi connectivity index (χ0n) is 13.4. The van der Waals surface area contributed by atoms with Crippen LogP contribution in [0.15, 0.2) is 17.0 Å². The van der Waals surface area contributed by atoms with Crippen LogP contribution < -0.4 is 10.6 Å². The number of nitrogens with two attached hydrogens (primary N) is 1. The predicted molar refractivity (Wildman–Crippen MR) is 92.5 cm³/mol. The molecule has 1 saturated carbocycles. The third kappa shape index (κ3) is 2.45. The molecule has 2 aliphatic rings. The zero-order chi connectivity index (χ0) is 16.3. The lowest BCUT2D eigenvalue weighted by molar-refractivity contribution is 0.564. The van der Waals surface area contributed by atoms with Crippen LogP contribution in [0.2, 0.25) is 0 Å². The van der Waals surface area contributed by atoms with E-state index in [0.717, 1.165) is 52.7 Å². The molecule has 5 nitrogen and oxygen atoms in total. The smallest absolute Gasteiger partial charge is 0.187 e. The Labute approximate surface area is 138 Å². The molecule has 3 N–H and O–H groups in total. The molecule has 0 saturated heterocycles. The van der Waals surface area contributed by atoms with Gasteiger partial charge < -0.3 is 15.2 Å². The van der Waals surface area contributed by atoms with Crippen LogP contribution in [0.5, 0.6) is 0 Å². The molecule has 0 spiro atoms. The highest BCUT2D eigenvalue weighted by Crippen LogP contribution is 2.43. The van der Waals surface area contributed by atoms with E-state index >= 15 is 0 Å². The summed E-state index contributed by atoms with van der Waals surface area (Å²) in [6.45, 7) is 0. The summed E-state index contributed by atoms with van der Waals surface area (Å²) in [6.07, 6.45) is 3.73. The van der Waals surface area contributed by atoms with Crippen molar-refractivity contribution in [2.45, 2.75) is 42.5 Å². The average Bonchev–Trinajstić information content (AvgIpc) is 3.25. The van der Waals surface area contributed by atoms with Crippen molar-refractivity contribution in [2.24, 2.45) is 5.73 Å². The van der Waals surface area contributed by atoms with Crippen molar-refractivity contribution < 1.29 is 8.76 Å². The summed E-state index contributed by atoms with van der Waals surface area (Å²) in [6, 6.07) is 4.17. The number of anilines is 1. The second kappa shape index (κ2) is 5.26. The first-order valence-electron chi connectivity index (χ1n) is 7.99. The highest BCUT2D eigenvalue weighted by Gasteiger charge is 2.30. The molecule has 2 aromatic rings. The summed E-state index contributed by atoms with van der Waals surface area (Å²) >= 11 is -2.02. The Bertz CT molecular complexity index is 830. The first kappa shape index (κ1) is 15.1. The number of aromatic nitrogens is 1. The number of benzene rings is 1. The second-order valence-electron chi connectivity index (χ2n) is 6.90. The molecule has 0 amide bonds. The Morgan fingerprint density at radius 3 is 2.61 bits per heavy atom. The quantitative estimate of drug-likeness (QED) is 0.843. The fraction of sp³-hybridized carbons (Fsp3) is 0.471. The third-order valence-electron chi connectivity index (χ3n) is 4.83. The highest BCUT2D eigenvalue weighted by atomic mass is 32.2. The van der Waals surface area contributed by atoms with Crippen LogP contribution in [0.1, 0.15) is 35.6 Å². The molecule has 2 atom stereocenters. The molecule has 1 aromatic heterocycles. The van der Waals surface area contributed by atoms with E-state index in [2.05, 4.69) is 6.07 Å². The topological polar surface area (TPSA) is 79.5 Å². The van der Waals surface area contributed by atoms with Gasteiger partial charge in [0.05, 0.1) is 4.90 Å². The summed E-state index contributed by atoms with van der Waals surface area (Å²) in [5.41, 5.74) is 9.18. The molecule has 4 rings (SSSR count). The normalized spacial score (nSPS) is 21.5. The molecule has 0 aliphatic heterocycles. The Morgan fingerprint density at radius 1 is 1.26 bits per heavy atom. The number of nitrogens with zero attached hydrogens (tertiary/aromatic N) is 2. The molecule has 6 heteroatoms. The van der Waals surface area contributed by atoms with Crippen molar-refractivity contribution in [3.05, 3.63) is 29.0 Å². The number of rotatable bonds is 3. The Kier molecular flexibility index (Phi) is 3.44. The molecule has 1 aromatic carbocycles. The van der Waals surface area contributed by atoms with Gasteiger partial charge in [-0.05, 0) is 48.9 Å². The second-order valence-corrected chi connectivity index (χ2v) is 7.80. The van der Waals surface area contributed by atoms with Crippen LogP contribution >= 0.6 is 0 Å². The lowest BCUT2D eigenvalue weighted by atomic mass is 10.0. The van der Waals surface area contributed by atoms with E-state index in [9.17, 15) is 8.76 Å². The fourth-order valence-corrected chi connectivity index (χ4v) is 4.39. The van der Waals surface area contributed by atoms with Crippen LogP contribution in [-0.2, 0) is 23.9 Å². The van der Waals surface area contributed by atoms with Crippen molar-refractivity contribution in [3.63, 3.8) is 0 Å². The van der Waals surface area contributed by atoms with Crippen molar-refractivity contribution >= 4 is 27.7 Å². The minimum absolute atomic E-state index is 0.0304. The maximum atomic E-state index is 12.1. The van der Waals surface area contributed by atoms with Gasteiger partial charge in [-0.25, -0.2) is 9.19 Å². The van der Waals surface area contributed by atoms with Gasteiger partial charge in [0.25, 0.3) is 0 Å². The van der Waals surface area contributed by atoms with Gasteiger partial charge in [-0.1, -0.05) is 0 Å². The van der Waals surface area contributed by atoms with Crippen LogP contribution in [0.4, 0.5) is 5.82 Å². The molecular formula is C17H21N3O2S. The zero-order valence-corrected chi connectivity index (χ0v) is 14.2. The van der Waals surface area contributed by atoms with E-state index in [-0.39, 0.29) is 6.04 Å². The molecule has 1 heterocycles. The molecule has 0 radical (unpaired) electrons. The molecular weight excluding hydrogens is 310 g/mol. The minimum atomic E-state index is -2.02. The van der Waals surface area contributed by atoms with Gasteiger partial charge in [0.1, 0.15) is 5.82 Å². The summed E-state index contributed by atoms with van der Waals surface area (Å²) in [5.74, 6) is 1.37. The summed E-state index contributed by atoms with van der Waals surface area (Å²) < 4.78 is 22.0. The Morgan fingerprint density at radius 2 is 2.00 bits per heavy atom. The van der Waals surface area contributed by atoms with Crippen LogP contribution in [0, 0.1) is 0 Å². The van der Waals surface area contributed by atoms with Crippen molar-refractivity contribution in [2.75, 3.05) is 19.0 Å². The van der Waals surface area contributed by atoms with Crippen molar-refractivity contribution in [1.29, 1.82) is 0 Å². The van der Waals surface area contributed by atoms with Gasteiger partial charge in [0.2, 0.25) is 0 Å². The molecule has 0 bridgehead atoms. The summed E-state index contributed by atoms with van der Waals surface area (Å²) in [7, 11) is 3.93. The van der Waals surface area contributed by atoms with Gasteiger partial charge in [-0.3, -0.25) is 0 Å². The summed E-state index contributed by atoms with van der Waals surface area (Å²) in [4.78, 5) is 7.35.